The maximum Gasteiger partial charge on any atom is 0.234 e. The minimum absolute atomic E-state index is 0.00788. The number of benzene rings is 2. The van der Waals surface area contributed by atoms with Gasteiger partial charge in [0.15, 0.2) is 0 Å². The maximum absolute atomic E-state index is 12.0. The quantitative estimate of drug-likeness (QED) is 0.670. The van der Waals surface area contributed by atoms with Crippen LogP contribution in [-0.4, -0.2) is 24.7 Å². The lowest BCUT2D eigenvalue weighted by Crippen LogP contribution is -2.21. The first-order chi connectivity index (χ1) is 11.1. The van der Waals surface area contributed by atoms with Crippen molar-refractivity contribution in [1.29, 1.82) is 0 Å². The molecular weight excluding hydrogens is 372 g/mol. The zero-order valence-electron chi connectivity index (χ0n) is 13.4. The fourth-order valence-corrected chi connectivity index (χ4v) is 3.18. The molecule has 23 heavy (non-hydrogen) atoms. The average Bonchev–Trinajstić information content (AvgIpc) is 2.57. The van der Waals surface area contributed by atoms with E-state index in [4.69, 9.17) is 0 Å². The van der Waals surface area contributed by atoms with Crippen LogP contribution in [0, 0.1) is 0 Å². The van der Waals surface area contributed by atoms with E-state index in [9.17, 15) is 4.79 Å². The highest BCUT2D eigenvalue weighted by Gasteiger charge is 2.05. The highest BCUT2D eigenvalue weighted by atomic mass is 79.9. The molecule has 2 rings (SSSR count). The molecule has 0 aliphatic heterocycles. The lowest BCUT2D eigenvalue weighted by molar-refractivity contribution is -0.113. The van der Waals surface area contributed by atoms with E-state index in [-0.39, 0.29) is 5.91 Å². The molecule has 0 atom stereocenters. The molecule has 122 valence electrons. The number of amides is 1. The van der Waals surface area contributed by atoms with Gasteiger partial charge in [-0.1, -0.05) is 15.9 Å². The number of rotatable bonds is 7. The summed E-state index contributed by atoms with van der Waals surface area (Å²) in [4.78, 5) is 15.4. The Morgan fingerprint density at radius 3 is 2.22 bits per heavy atom. The van der Waals surface area contributed by atoms with E-state index in [2.05, 4.69) is 40.0 Å². The molecule has 3 nitrogen and oxygen atoms in total. The third-order valence-electron chi connectivity index (χ3n) is 3.46. The Labute approximate surface area is 150 Å². The van der Waals surface area contributed by atoms with Crippen LogP contribution in [0.15, 0.2) is 57.9 Å². The van der Waals surface area contributed by atoms with Crippen LogP contribution in [0.5, 0.6) is 0 Å². The largest absolute Gasteiger partial charge is 0.372 e. The van der Waals surface area contributed by atoms with Crippen LogP contribution >= 0.6 is 27.7 Å². The molecule has 1 amide bonds. The monoisotopic (exact) mass is 392 g/mol. The topological polar surface area (TPSA) is 32.3 Å². The number of carbonyl (C=O) groups is 1. The summed E-state index contributed by atoms with van der Waals surface area (Å²) in [5.74, 6) is 0.410. The number of hydrogen-bond donors (Lipinski definition) is 1. The Hall–Kier alpha value is -1.46. The average molecular weight is 393 g/mol. The van der Waals surface area contributed by atoms with Crippen LogP contribution in [-0.2, 0) is 4.79 Å². The number of anilines is 2. The van der Waals surface area contributed by atoms with E-state index < -0.39 is 0 Å². The van der Waals surface area contributed by atoms with Crippen molar-refractivity contribution < 1.29 is 4.79 Å². The van der Waals surface area contributed by atoms with Gasteiger partial charge in [0, 0.05) is 33.8 Å². The first kappa shape index (κ1) is 17.9. The van der Waals surface area contributed by atoms with Crippen molar-refractivity contribution in [3.63, 3.8) is 0 Å². The third-order valence-corrected chi connectivity index (χ3v) is 5.00. The maximum atomic E-state index is 12.0. The molecule has 5 heteroatoms. The van der Waals surface area contributed by atoms with E-state index in [1.165, 1.54) is 17.4 Å². The van der Waals surface area contributed by atoms with Crippen molar-refractivity contribution in [2.24, 2.45) is 0 Å². The highest BCUT2D eigenvalue weighted by Crippen LogP contribution is 2.21. The van der Waals surface area contributed by atoms with Crippen LogP contribution in [0.2, 0.25) is 0 Å². The molecule has 0 fully saturated rings. The second-order valence-electron chi connectivity index (χ2n) is 5.01. The lowest BCUT2D eigenvalue weighted by atomic mass is 10.2. The minimum Gasteiger partial charge on any atom is -0.372 e. The summed E-state index contributed by atoms with van der Waals surface area (Å²) < 4.78 is 1.04. The summed E-state index contributed by atoms with van der Waals surface area (Å²) in [5, 5.41) is 2.94. The van der Waals surface area contributed by atoms with Crippen LogP contribution in [0.25, 0.3) is 0 Å². The van der Waals surface area contributed by atoms with Gasteiger partial charge in [-0.25, -0.2) is 0 Å². The number of nitrogens with zero attached hydrogens (tertiary/aromatic N) is 1. The molecule has 0 unspecified atom stereocenters. The highest BCUT2D eigenvalue weighted by molar-refractivity contribution is 9.10. The van der Waals surface area contributed by atoms with Gasteiger partial charge in [-0.3, -0.25) is 4.79 Å². The Kier molecular flexibility index (Phi) is 6.99. The van der Waals surface area contributed by atoms with Gasteiger partial charge >= 0.3 is 0 Å². The number of hydrogen-bond acceptors (Lipinski definition) is 3. The fraction of sp³-hybridized carbons (Fsp3) is 0.278. The van der Waals surface area contributed by atoms with Crippen LogP contribution in [0.3, 0.4) is 0 Å². The molecule has 2 aromatic carbocycles. The van der Waals surface area contributed by atoms with Gasteiger partial charge < -0.3 is 10.2 Å². The number of thioether (sulfide) groups is 1. The Morgan fingerprint density at radius 2 is 1.65 bits per heavy atom. The van der Waals surface area contributed by atoms with Crippen molar-refractivity contribution in [3.05, 3.63) is 53.0 Å². The van der Waals surface area contributed by atoms with E-state index in [0.717, 1.165) is 28.1 Å². The second kappa shape index (κ2) is 8.99. The van der Waals surface area contributed by atoms with Crippen molar-refractivity contribution in [2.75, 3.05) is 29.1 Å². The Morgan fingerprint density at radius 1 is 1.04 bits per heavy atom. The van der Waals surface area contributed by atoms with Crippen molar-refractivity contribution >= 4 is 45.0 Å². The normalized spacial score (nSPS) is 10.4. The summed E-state index contributed by atoms with van der Waals surface area (Å²) >= 11 is 4.93. The lowest BCUT2D eigenvalue weighted by Gasteiger charge is -2.21. The van der Waals surface area contributed by atoms with Gasteiger partial charge in [-0.2, -0.15) is 0 Å². The first-order valence-electron chi connectivity index (χ1n) is 7.65. The number of halogens is 1. The molecular formula is C18H21BrN2OS. The SMILES string of the molecule is CCN(CC)c1ccc(NC(=O)CSc2ccc(Br)cc2)cc1. The van der Waals surface area contributed by atoms with Gasteiger partial charge in [-0.15, -0.1) is 11.8 Å². The molecule has 0 aliphatic rings. The Balaban J connectivity index is 1.86. The van der Waals surface area contributed by atoms with Crippen LogP contribution < -0.4 is 10.2 Å². The van der Waals surface area contributed by atoms with Gasteiger partial charge in [-0.05, 0) is 62.4 Å². The van der Waals surface area contributed by atoms with E-state index in [1.807, 2.05) is 48.5 Å². The standard InChI is InChI=1S/C18H21BrN2OS/c1-3-21(4-2)16-9-7-15(8-10-16)20-18(22)13-23-17-11-5-14(19)6-12-17/h5-12H,3-4,13H2,1-2H3,(H,20,22). The summed E-state index contributed by atoms with van der Waals surface area (Å²) in [5.41, 5.74) is 2.01. The summed E-state index contributed by atoms with van der Waals surface area (Å²) in [6.45, 7) is 6.23. The predicted molar refractivity (Wildman–Crippen MR) is 103 cm³/mol. The molecule has 0 aliphatic carbocycles. The smallest absolute Gasteiger partial charge is 0.234 e. The zero-order chi connectivity index (χ0) is 16.7. The zero-order valence-corrected chi connectivity index (χ0v) is 15.8. The molecule has 0 aromatic heterocycles. The molecule has 2 aromatic rings. The third kappa shape index (κ3) is 5.59. The van der Waals surface area contributed by atoms with Crippen molar-refractivity contribution in [2.45, 2.75) is 18.7 Å². The number of nitrogens with one attached hydrogen (secondary N) is 1. The summed E-state index contributed by atoms with van der Waals surface area (Å²) in [6, 6.07) is 16.0. The molecule has 0 radical (unpaired) electrons. The minimum atomic E-state index is 0.00788. The summed E-state index contributed by atoms with van der Waals surface area (Å²) in [6.07, 6.45) is 0. The van der Waals surface area contributed by atoms with Crippen LogP contribution in [0.1, 0.15) is 13.8 Å². The van der Waals surface area contributed by atoms with Gasteiger partial charge in [0.25, 0.3) is 0 Å². The van der Waals surface area contributed by atoms with Gasteiger partial charge in [0.2, 0.25) is 5.91 Å². The summed E-state index contributed by atoms with van der Waals surface area (Å²) in [7, 11) is 0. The fourth-order valence-electron chi connectivity index (χ4n) is 2.22. The molecule has 1 N–H and O–H groups in total. The van der Waals surface area contributed by atoms with Crippen molar-refractivity contribution in [3.8, 4) is 0 Å². The molecule has 0 heterocycles. The van der Waals surface area contributed by atoms with Gasteiger partial charge in [0.05, 0.1) is 5.75 Å². The molecule has 0 saturated carbocycles. The molecule has 0 spiro atoms. The van der Waals surface area contributed by atoms with Crippen molar-refractivity contribution in [1.82, 2.24) is 0 Å². The van der Waals surface area contributed by atoms with E-state index >= 15 is 0 Å². The van der Waals surface area contributed by atoms with E-state index in [0.29, 0.717) is 5.75 Å². The Bertz CT molecular complexity index is 624. The van der Waals surface area contributed by atoms with E-state index in [1.54, 1.807) is 0 Å². The number of carbonyl (C=O) groups excluding carboxylic acids is 1. The molecule has 0 saturated heterocycles. The second-order valence-corrected chi connectivity index (χ2v) is 6.97. The van der Waals surface area contributed by atoms with Gasteiger partial charge in [0.1, 0.15) is 0 Å². The van der Waals surface area contributed by atoms with Crippen LogP contribution in [0.4, 0.5) is 11.4 Å². The first-order valence-corrected chi connectivity index (χ1v) is 9.43. The molecule has 0 bridgehead atoms. The predicted octanol–water partition coefficient (Wildman–Crippen LogP) is 5.03.